The zero-order chi connectivity index (χ0) is 17.5. The van der Waals surface area contributed by atoms with Crippen molar-refractivity contribution in [3.8, 4) is 0 Å². The molecule has 0 saturated carbocycles. The summed E-state index contributed by atoms with van der Waals surface area (Å²) in [6, 6.07) is 12.0. The number of carbonyl (C=O) groups excluding carboxylic acids is 1. The second-order valence-electron chi connectivity index (χ2n) is 6.25. The first-order valence-corrected chi connectivity index (χ1v) is 9.26. The first-order chi connectivity index (χ1) is 12.8. The maximum Gasteiger partial charge on any atom is 0.278 e. The third-order valence-electron chi connectivity index (χ3n) is 4.72. The summed E-state index contributed by atoms with van der Waals surface area (Å²) in [7, 11) is 0. The molecule has 26 heavy (non-hydrogen) atoms. The predicted molar refractivity (Wildman–Crippen MR) is 101 cm³/mol. The molecule has 0 saturated heterocycles. The average molecular weight is 361 g/mol. The van der Waals surface area contributed by atoms with Gasteiger partial charge in [-0.3, -0.25) is 9.48 Å². The molecule has 1 aliphatic rings. The smallest absolute Gasteiger partial charge is 0.278 e. The molecular formula is C19H15N5OS. The van der Waals surface area contributed by atoms with Crippen LogP contribution in [-0.4, -0.2) is 32.2 Å². The second kappa shape index (κ2) is 6.03. The summed E-state index contributed by atoms with van der Waals surface area (Å²) in [6.07, 6.45) is 6.03. The van der Waals surface area contributed by atoms with Crippen LogP contribution in [0.5, 0.6) is 0 Å². The number of hydrogen-bond donors (Lipinski definition) is 0. The Morgan fingerprint density at radius 2 is 2.08 bits per heavy atom. The minimum atomic E-state index is -0.0934. The van der Waals surface area contributed by atoms with Crippen molar-refractivity contribution >= 4 is 33.1 Å². The molecule has 0 aliphatic carbocycles. The van der Waals surface area contributed by atoms with Gasteiger partial charge in [0.15, 0.2) is 0 Å². The summed E-state index contributed by atoms with van der Waals surface area (Å²) >= 11 is 1.50. The van der Waals surface area contributed by atoms with Gasteiger partial charge in [0.2, 0.25) is 0 Å². The third-order valence-corrected chi connectivity index (χ3v) is 5.63. The predicted octanol–water partition coefficient (Wildman–Crippen LogP) is 3.33. The molecule has 0 bridgehead atoms. The molecule has 4 aromatic rings. The minimum Gasteiger partial charge on any atom is -0.305 e. The van der Waals surface area contributed by atoms with E-state index in [-0.39, 0.29) is 11.9 Å². The van der Waals surface area contributed by atoms with E-state index in [1.807, 2.05) is 51.5 Å². The number of thiophene rings is 1. The molecule has 7 heteroatoms. The first-order valence-electron chi connectivity index (χ1n) is 8.38. The number of benzene rings is 1. The lowest BCUT2D eigenvalue weighted by Crippen LogP contribution is -2.41. The van der Waals surface area contributed by atoms with Crippen molar-refractivity contribution in [3.05, 3.63) is 71.8 Å². The van der Waals surface area contributed by atoms with Crippen molar-refractivity contribution in [2.24, 2.45) is 0 Å². The number of hydrogen-bond acceptors (Lipinski definition) is 5. The van der Waals surface area contributed by atoms with Crippen LogP contribution in [0.1, 0.15) is 22.1 Å². The van der Waals surface area contributed by atoms with E-state index in [1.54, 1.807) is 6.20 Å². The van der Waals surface area contributed by atoms with Crippen molar-refractivity contribution in [2.45, 2.75) is 12.5 Å². The summed E-state index contributed by atoms with van der Waals surface area (Å²) < 4.78 is 2.76. The Morgan fingerprint density at radius 1 is 1.15 bits per heavy atom. The first kappa shape index (κ1) is 15.2. The Balaban J connectivity index is 1.60. The number of aromatic nitrogens is 4. The van der Waals surface area contributed by atoms with E-state index >= 15 is 0 Å². The molecule has 0 spiro atoms. The van der Waals surface area contributed by atoms with Crippen LogP contribution in [0.3, 0.4) is 0 Å². The van der Waals surface area contributed by atoms with Gasteiger partial charge in [0, 0.05) is 24.6 Å². The molecule has 128 valence electrons. The number of fused-ring (bicyclic) bond motifs is 2. The highest BCUT2D eigenvalue weighted by Gasteiger charge is 2.31. The van der Waals surface area contributed by atoms with Gasteiger partial charge in [0.05, 0.1) is 16.3 Å². The standard InChI is InChI=1S/C19H15N5OS/c25-19(17-18-15(6-9-26-18)20-12-21-17)23-11-14(24-8-3-7-22-24)10-13-4-1-2-5-16(13)23/h1-9,12,14H,10-11H2. The highest BCUT2D eigenvalue weighted by atomic mass is 32.1. The van der Waals surface area contributed by atoms with Crippen LogP contribution in [0.25, 0.3) is 10.2 Å². The maximum atomic E-state index is 13.4. The molecule has 5 rings (SSSR count). The van der Waals surface area contributed by atoms with Crippen LogP contribution < -0.4 is 4.90 Å². The summed E-state index contributed by atoms with van der Waals surface area (Å²) in [5, 5.41) is 6.31. The van der Waals surface area contributed by atoms with Gasteiger partial charge in [-0.25, -0.2) is 9.97 Å². The van der Waals surface area contributed by atoms with E-state index in [2.05, 4.69) is 21.1 Å². The lowest BCUT2D eigenvalue weighted by atomic mass is 9.97. The number of amides is 1. The SMILES string of the molecule is O=C(c1ncnc2ccsc12)N1CC(n2cccn2)Cc2ccccc21. The summed E-state index contributed by atoms with van der Waals surface area (Å²) in [6.45, 7) is 0.564. The fourth-order valence-corrected chi connectivity index (χ4v) is 4.34. The molecule has 1 amide bonds. The molecule has 6 nitrogen and oxygen atoms in total. The molecule has 1 aromatic carbocycles. The quantitative estimate of drug-likeness (QED) is 0.549. The van der Waals surface area contributed by atoms with E-state index in [1.165, 1.54) is 17.7 Å². The van der Waals surface area contributed by atoms with Crippen LogP contribution in [0.15, 0.2) is 60.5 Å². The van der Waals surface area contributed by atoms with Gasteiger partial charge in [-0.2, -0.15) is 5.10 Å². The second-order valence-corrected chi connectivity index (χ2v) is 7.16. The van der Waals surface area contributed by atoms with Crippen molar-refractivity contribution in [2.75, 3.05) is 11.4 Å². The minimum absolute atomic E-state index is 0.0934. The number of rotatable bonds is 2. The van der Waals surface area contributed by atoms with E-state index in [0.717, 1.165) is 27.9 Å². The largest absolute Gasteiger partial charge is 0.305 e. The normalized spacial score (nSPS) is 16.6. The Hall–Kier alpha value is -3.06. The number of carbonyl (C=O) groups is 1. The van der Waals surface area contributed by atoms with Crippen molar-refractivity contribution in [1.29, 1.82) is 0 Å². The number of nitrogens with zero attached hydrogens (tertiary/aromatic N) is 5. The van der Waals surface area contributed by atoms with Crippen LogP contribution in [0.4, 0.5) is 5.69 Å². The Labute approximate surface area is 153 Å². The molecule has 0 radical (unpaired) electrons. The van der Waals surface area contributed by atoms with E-state index in [4.69, 9.17) is 0 Å². The van der Waals surface area contributed by atoms with Crippen LogP contribution in [-0.2, 0) is 6.42 Å². The van der Waals surface area contributed by atoms with Crippen molar-refractivity contribution in [1.82, 2.24) is 19.7 Å². The lowest BCUT2D eigenvalue weighted by Gasteiger charge is -2.34. The molecular weight excluding hydrogens is 346 g/mol. The number of anilines is 1. The average Bonchev–Trinajstić information content (AvgIpc) is 3.38. The van der Waals surface area contributed by atoms with E-state index in [0.29, 0.717) is 12.2 Å². The molecule has 3 aromatic heterocycles. The third kappa shape index (κ3) is 2.40. The van der Waals surface area contributed by atoms with Gasteiger partial charge >= 0.3 is 0 Å². The van der Waals surface area contributed by atoms with Gasteiger partial charge in [-0.1, -0.05) is 18.2 Å². The number of para-hydroxylation sites is 1. The fourth-order valence-electron chi connectivity index (χ4n) is 3.51. The van der Waals surface area contributed by atoms with E-state index in [9.17, 15) is 4.79 Å². The zero-order valence-electron chi connectivity index (χ0n) is 13.8. The monoisotopic (exact) mass is 361 g/mol. The van der Waals surface area contributed by atoms with Crippen molar-refractivity contribution in [3.63, 3.8) is 0 Å². The van der Waals surface area contributed by atoms with Gasteiger partial charge in [-0.15, -0.1) is 11.3 Å². The Morgan fingerprint density at radius 3 is 2.96 bits per heavy atom. The Bertz CT molecular complexity index is 1090. The van der Waals surface area contributed by atoms with Gasteiger partial charge in [0.1, 0.15) is 12.0 Å². The molecule has 4 heterocycles. The Kier molecular flexibility index (Phi) is 3.53. The van der Waals surface area contributed by atoms with Gasteiger partial charge in [0.25, 0.3) is 5.91 Å². The topological polar surface area (TPSA) is 63.9 Å². The van der Waals surface area contributed by atoms with E-state index < -0.39 is 0 Å². The van der Waals surface area contributed by atoms with Crippen LogP contribution in [0, 0.1) is 0 Å². The molecule has 1 unspecified atom stereocenters. The van der Waals surface area contributed by atoms with Gasteiger partial charge < -0.3 is 4.90 Å². The lowest BCUT2D eigenvalue weighted by molar-refractivity contribution is 0.0977. The van der Waals surface area contributed by atoms with Crippen LogP contribution >= 0.6 is 11.3 Å². The molecule has 0 N–H and O–H groups in total. The van der Waals surface area contributed by atoms with Gasteiger partial charge in [-0.05, 0) is 35.6 Å². The molecule has 1 atom stereocenters. The molecule has 0 fully saturated rings. The summed E-state index contributed by atoms with van der Waals surface area (Å²) in [5.41, 5.74) is 3.36. The zero-order valence-corrected chi connectivity index (χ0v) is 14.6. The summed E-state index contributed by atoms with van der Waals surface area (Å²) in [5.74, 6) is -0.0934. The van der Waals surface area contributed by atoms with Crippen molar-refractivity contribution < 1.29 is 4.79 Å². The summed E-state index contributed by atoms with van der Waals surface area (Å²) in [4.78, 5) is 23.8. The molecule has 1 aliphatic heterocycles. The highest BCUT2D eigenvalue weighted by molar-refractivity contribution is 7.17. The maximum absolute atomic E-state index is 13.4. The highest BCUT2D eigenvalue weighted by Crippen LogP contribution is 2.33. The van der Waals surface area contributed by atoms with Crippen LogP contribution in [0.2, 0.25) is 0 Å². The fraction of sp³-hybridized carbons (Fsp3) is 0.158.